The number of aliphatic carboxylic acids is 1. The van der Waals surface area contributed by atoms with Gasteiger partial charge in [-0.25, -0.2) is 3.53 Å². The minimum absolute atomic E-state index is 0.429. The first-order chi connectivity index (χ1) is 5.22. The van der Waals surface area contributed by atoms with E-state index in [2.05, 4.69) is 3.53 Å². The number of carbonyl (C=O) groups is 1. The Balaban J connectivity index is 3.44. The zero-order valence-electron chi connectivity index (χ0n) is 6.22. The lowest BCUT2D eigenvalue weighted by atomic mass is 10.1. The summed E-state index contributed by atoms with van der Waals surface area (Å²) in [6, 6.07) is -0.429. The number of nitrogens with two attached hydrogens (primary N) is 1. The van der Waals surface area contributed by atoms with E-state index in [1.807, 2.05) is 22.9 Å². The fourth-order valence-electron chi connectivity index (χ4n) is 0.717. The van der Waals surface area contributed by atoms with Crippen LogP contribution in [0.1, 0.15) is 19.3 Å². The van der Waals surface area contributed by atoms with Crippen molar-refractivity contribution < 1.29 is 9.90 Å². The van der Waals surface area contributed by atoms with Crippen LogP contribution in [0.15, 0.2) is 0 Å². The zero-order valence-corrected chi connectivity index (χ0v) is 8.37. The molecule has 5 heteroatoms. The fourth-order valence-corrected chi connectivity index (χ4v) is 1.30. The molecule has 0 rings (SSSR count). The molecule has 0 aromatic rings. The van der Waals surface area contributed by atoms with E-state index in [-0.39, 0.29) is 0 Å². The molecule has 0 fully saturated rings. The van der Waals surface area contributed by atoms with E-state index in [1.54, 1.807) is 0 Å². The summed E-state index contributed by atoms with van der Waals surface area (Å²) in [7, 11) is 0. The molecule has 0 aliphatic heterocycles. The third kappa shape index (κ3) is 5.40. The van der Waals surface area contributed by atoms with Crippen molar-refractivity contribution in [1.82, 2.24) is 3.53 Å². The normalized spacial score (nSPS) is 12.9. The maximum absolute atomic E-state index is 10.4. The maximum Gasteiger partial charge on any atom is 0.321 e. The molecule has 0 aliphatic carbocycles. The van der Waals surface area contributed by atoms with Crippen molar-refractivity contribution in [3.05, 3.63) is 0 Å². The van der Waals surface area contributed by atoms with Gasteiger partial charge in [-0.05, 0) is 19.4 Å². The average molecular weight is 272 g/mol. The third-order valence-corrected chi connectivity index (χ3v) is 2.13. The van der Waals surface area contributed by atoms with Gasteiger partial charge in [-0.1, -0.05) is 6.42 Å². The smallest absolute Gasteiger partial charge is 0.321 e. The first-order valence-corrected chi connectivity index (χ1v) is 4.59. The largest absolute Gasteiger partial charge is 0.480 e. The highest BCUT2D eigenvalue weighted by molar-refractivity contribution is 14.1. The molecule has 4 nitrogen and oxygen atoms in total. The summed E-state index contributed by atoms with van der Waals surface area (Å²) in [5, 5.41) is 8.57. The van der Waals surface area contributed by atoms with Gasteiger partial charge >= 0.3 is 5.97 Å². The first kappa shape index (κ1) is 11.1. The molecule has 0 aliphatic rings. The molecular weight excluding hydrogens is 259 g/mol. The van der Waals surface area contributed by atoms with Crippen molar-refractivity contribution in [2.75, 3.05) is 6.54 Å². The molecule has 1 unspecified atom stereocenters. The van der Waals surface area contributed by atoms with Crippen LogP contribution < -0.4 is 9.26 Å². The molecule has 11 heavy (non-hydrogen) atoms. The fraction of sp³-hybridized carbons (Fsp3) is 0.833. The SMILES string of the molecule is NCCCCC(NI)C(=O)O. The molecule has 0 spiro atoms. The van der Waals surface area contributed by atoms with Gasteiger partial charge in [0.15, 0.2) is 0 Å². The Hall–Kier alpha value is 0.120. The standard InChI is InChI=1S/C6H13IN2O2/c7-9-5(6(10)11)3-1-2-4-8/h5,9H,1-4,8H2,(H,10,11). The molecular formula is C6H13IN2O2. The van der Waals surface area contributed by atoms with Gasteiger partial charge < -0.3 is 10.8 Å². The van der Waals surface area contributed by atoms with Crippen molar-refractivity contribution in [3.63, 3.8) is 0 Å². The average Bonchev–Trinajstić information content (AvgIpc) is 1.97. The highest BCUT2D eigenvalue weighted by atomic mass is 127. The van der Waals surface area contributed by atoms with Gasteiger partial charge in [0.05, 0.1) is 0 Å². The van der Waals surface area contributed by atoms with E-state index in [4.69, 9.17) is 10.8 Å². The second-order valence-electron chi connectivity index (χ2n) is 2.28. The van der Waals surface area contributed by atoms with Gasteiger partial charge in [0.25, 0.3) is 0 Å². The maximum atomic E-state index is 10.4. The number of nitrogens with one attached hydrogen (secondary N) is 1. The summed E-state index contributed by atoms with van der Waals surface area (Å²) < 4.78 is 2.69. The van der Waals surface area contributed by atoms with Crippen LogP contribution >= 0.6 is 22.9 Å². The van der Waals surface area contributed by atoms with Crippen LogP contribution in [-0.2, 0) is 4.79 Å². The van der Waals surface area contributed by atoms with Crippen LogP contribution in [0.3, 0.4) is 0 Å². The predicted octanol–water partition coefficient (Wildman–Crippen LogP) is 0.508. The van der Waals surface area contributed by atoms with Crippen molar-refractivity contribution in [3.8, 4) is 0 Å². The first-order valence-electron chi connectivity index (χ1n) is 3.51. The van der Waals surface area contributed by atoms with E-state index in [0.717, 1.165) is 12.8 Å². The minimum Gasteiger partial charge on any atom is -0.480 e. The van der Waals surface area contributed by atoms with Crippen LogP contribution in [0.4, 0.5) is 0 Å². The van der Waals surface area contributed by atoms with Crippen molar-refractivity contribution in [2.45, 2.75) is 25.3 Å². The number of hydrogen-bond donors (Lipinski definition) is 3. The van der Waals surface area contributed by atoms with Crippen LogP contribution in [0.5, 0.6) is 0 Å². The van der Waals surface area contributed by atoms with Gasteiger partial charge in [0.1, 0.15) is 6.04 Å². The lowest BCUT2D eigenvalue weighted by Gasteiger charge is -2.08. The van der Waals surface area contributed by atoms with Crippen molar-refractivity contribution >= 4 is 28.8 Å². The summed E-state index contributed by atoms with van der Waals surface area (Å²) >= 11 is 1.85. The molecule has 66 valence electrons. The van der Waals surface area contributed by atoms with E-state index < -0.39 is 12.0 Å². The molecule has 0 amide bonds. The Morgan fingerprint density at radius 1 is 1.64 bits per heavy atom. The second kappa shape index (κ2) is 6.81. The Morgan fingerprint density at radius 3 is 2.64 bits per heavy atom. The molecule has 4 N–H and O–H groups in total. The number of carboxylic acids is 1. The van der Waals surface area contributed by atoms with Crippen LogP contribution in [0.2, 0.25) is 0 Å². The predicted molar refractivity (Wildman–Crippen MR) is 51.5 cm³/mol. The highest BCUT2D eigenvalue weighted by Crippen LogP contribution is 2.01. The van der Waals surface area contributed by atoms with E-state index in [9.17, 15) is 4.79 Å². The van der Waals surface area contributed by atoms with Crippen LogP contribution in [-0.4, -0.2) is 23.7 Å². The third-order valence-electron chi connectivity index (χ3n) is 1.38. The molecule has 0 aromatic carbocycles. The van der Waals surface area contributed by atoms with E-state index in [1.165, 1.54) is 0 Å². The number of hydrogen-bond acceptors (Lipinski definition) is 3. The van der Waals surface area contributed by atoms with Crippen LogP contribution in [0.25, 0.3) is 0 Å². The van der Waals surface area contributed by atoms with Gasteiger partial charge in [-0.15, -0.1) is 0 Å². The summed E-state index contributed by atoms with van der Waals surface area (Å²) in [6.07, 6.45) is 2.40. The lowest BCUT2D eigenvalue weighted by molar-refractivity contribution is -0.138. The monoisotopic (exact) mass is 272 g/mol. The summed E-state index contributed by atoms with van der Waals surface area (Å²) in [5.74, 6) is -0.795. The number of unbranched alkanes of at least 4 members (excludes halogenated alkanes) is 1. The Labute approximate surface area is 80.0 Å². The molecule has 0 heterocycles. The number of carboxylic acid groups (broad SMARTS) is 1. The quantitative estimate of drug-likeness (QED) is 0.374. The van der Waals surface area contributed by atoms with Crippen molar-refractivity contribution in [1.29, 1.82) is 0 Å². The van der Waals surface area contributed by atoms with Gasteiger partial charge in [-0.3, -0.25) is 4.79 Å². The zero-order chi connectivity index (χ0) is 8.69. The summed E-state index contributed by atoms with van der Waals surface area (Å²) in [6.45, 7) is 0.633. The van der Waals surface area contributed by atoms with Gasteiger partial charge in [0, 0.05) is 22.9 Å². The molecule has 1 atom stereocenters. The highest BCUT2D eigenvalue weighted by Gasteiger charge is 2.13. The number of rotatable bonds is 6. The molecule has 0 bridgehead atoms. The molecule has 0 radical (unpaired) electrons. The Bertz CT molecular complexity index is 121. The molecule has 0 saturated carbocycles. The topological polar surface area (TPSA) is 75.3 Å². The van der Waals surface area contributed by atoms with E-state index in [0.29, 0.717) is 13.0 Å². The van der Waals surface area contributed by atoms with Crippen molar-refractivity contribution in [2.24, 2.45) is 5.73 Å². The minimum atomic E-state index is -0.795. The van der Waals surface area contributed by atoms with Crippen LogP contribution in [0, 0.1) is 0 Å². The van der Waals surface area contributed by atoms with Gasteiger partial charge in [-0.2, -0.15) is 0 Å². The van der Waals surface area contributed by atoms with Gasteiger partial charge in [0.2, 0.25) is 0 Å². The Morgan fingerprint density at radius 2 is 2.27 bits per heavy atom. The molecule has 0 saturated heterocycles. The summed E-state index contributed by atoms with van der Waals surface area (Å²) in [4.78, 5) is 10.4. The second-order valence-corrected chi connectivity index (χ2v) is 2.91. The molecule has 0 aromatic heterocycles. The Kier molecular flexibility index (Phi) is 6.88. The van der Waals surface area contributed by atoms with E-state index >= 15 is 0 Å². The number of halogens is 1. The summed E-state index contributed by atoms with van der Waals surface area (Å²) in [5.41, 5.74) is 5.26. The lowest BCUT2D eigenvalue weighted by Crippen LogP contribution is -2.29.